The number of aliphatic hydroxyl groups excluding tert-OH is 1. The molecule has 2 atom stereocenters. The Morgan fingerprint density at radius 1 is 1.36 bits per heavy atom. The number of halogens is 4. The van der Waals surface area contributed by atoms with Gasteiger partial charge in [0.15, 0.2) is 0 Å². The molecule has 0 bridgehead atoms. The maximum Gasteiger partial charge on any atom is 0.417 e. The highest BCUT2D eigenvalue weighted by atomic mass is 35.5. The minimum Gasteiger partial charge on any atom is -0.461 e. The number of aromatic nitrogens is 1. The molecule has 25 heavy (non-hydrogen) atoms. The highest BCUT2D eigenvalue weighted by Crippen LogP contribution is 2.37. The van der Waals surface area contributed by atoms with Crippen molar-refractivity contribution >= 4 is 17.5 Å². The van der Waals surface area contributed by atoms with Crippen molar-refractivity contribution in [2.24, 2.45) is 0 Å². The van der Waals surface area contributed by atoms with Gasteiger partial charge in [-0.25, -0.2) is 0 Å². The Morgan fingerprint density at radius 2 is 2.12 bits per heavy atom. The molecular weight excluding hydrogens is 361 g/mol. The van der Waals surface area contributed by atoms with E-state index in [1.54, 1.807) is 6.07 Å². The Morgan fingerprint density at radius 3 is 2.84 bits per heavy atom. The number of nitrogens with zero attached hydrogens (tertiary/aromatic N) is 1. The van der Waals surface area contributed by atoms with Gasteiger partial charge in [0.05, 0.1) is 23.2 Å². The van der Waals surface area contributed by atoms with E-state index in [2.05, 4.69) is 10.3 Å². The maximum atomic E-state index is 12.9. The van der Waals surface area contributed by atoms with Crippen LogP contribution < -0.4 is 10.1 Å². The zero-order chi connectivity index (χ0) is 18.2. The number of rotatable bonds is 3. The number of alkyl halides is 3. The van der Waals surface area contributed by atoms with Crippen molar-refractivity contribution < 1.29 is 27.8 Å². The zero-order valence-electron chi connectivity index (χ0n) is 12.5. The van der Waals surface area contributed by atoms with Gasteiger partial charge in [-0.05, 0) is 17.7 Å². The van der Waals surface area contributed by atoms with Gasteiger partial charge in [0.1, 0.15) is 11.8 Å². The Labute approximate surface area is 145 Å². The maximum absolute atomic E-state index is 12.9. The van der Waals surface area contributed by atoms with Crippen molar-refractivity contribution in [1.29, 1.82) is 0 Å². The van der Waals surface area contributed by atoms with E-state index in [4.69, 9.17) is 16.3 Å². The minimum atomic E-state index is -4.61. The molecule has 1 aliphatic heterocycles. The van der Waals surface area contributed by atoms with Gasteiger partial charge in [-0.15, -0.1) is 0 Å². The number of ether oxygens (including phenoxy) is 1. The van der Waals surface area contributed by atoms with Crippen LogP contribution in [0, 0.1) is 0 Å². The number of fused-ring (bicyclic) bond motifs is 1. The molecule has 2 unspecified atom stereocenters. The predicted octanol–water partition coefficient (Wildman–Crippen LogP) is 2.86. The molecule has 5 nitrogen and oxygen atoms in total. The molecular formula is C16H12ClF3N2O3. The van der Waals surface area contributed by atoms with Crippen LogP contribution in [0.1, 0.15) is 22.7 Å². The van der Waals surface area contributed by atoms with Crippen molar-refractivity contribution in [2.45, 2.75) is 24.9 Å². The summed E-state index contributed by atoms with van der Waals surface area (Å²) in [6, 6.07) is 4.12. The first kappa shape index (κ1) is 17.5. The molecule has 9 heteroatoms. The largest absolute Gasteiger partial charge is 0.461 e. The molecule has 0 radical (unpaired) electrons. The topological polar surface area (TPSA) is 71.5 Å². The molecule has 0 aliphatic carbocycles. The second-order valence-corrected chi connectivity index (χ2v) is 5.80. The van der Waals surface area contributed by atoms with E-state index in [1.807, 2.05) is 0 Å². The lowest BCUT2D eigenvalue weighted by atomic mass is 10.1. The summed E-state index contributed by atoms with van der Waals surface area (Å²) in [5.41, 5.74) is -0.427. The highest BCUT2D eigenvalue weighted by Gasteiger charge is 2.36. The van der Waals surface area contributed by atoms with Gasteiger partial charge >= 0.3 is 6.18 Å². The monoisotopic (exact) mass is 372 g/mol. The van der Waals surface area contributed by atoms with Crippen LogP contribution in [0.15, 0.2) is 36.7 Å². The molecule has 0 saturated heterocycles. The second kappa shape index (κ2) is 6.53. The van der Waals surface area contributed by atoms with Crippen LogP contribution in [0.4, 0.5) is 13.2 Å². The lowest BCUT2D eigenvalue weighted by molar-refractivity contribution is -0.137. The van der Waals surface area contributed by atoms with Gasteiger partial charge in [0.25, 0.3) is 0 Å². The summed E-state index contributed by atoms with van der Waals surface area (Å²) in [5.74, 6) is -0.268. The molecule has 3 rings (SSSR count). The van der Waals surface area contributed by atoms with Gasteiger partial charge in [0, 0.05) is 11.8 Å². The summed E-state index contributed by atoms with van der Waals surface area (Å²) < 4.78 is 43.8. The molecule has 0 saturated carbocycles. The van der Waals surface area contributed by atoms with Crippen LogP contribution in [0.5, 0.6) is 5.75 Å². The van der Waals surface area contributed by atoms with E-state index < -0.39 is 35.0 Å². The number of aliphatic hydroxyl groups is 1. The Balaban J connectivity index is 1.76. The Hall–Kier alpha value is -2.32. The Bertz CT molecular complexity index is 813. The van der Waals surface area contributed by atoms with Gasteiger partial charge in [-0.1, -0.05) is 23.7 Å². The molecule has 1 aliphatic rings. The van der Waals surface area contributed by atoms with Crippen LogP contribution in [0.2, 0.25) is 5.02 Å². The molecule has 2 aromatic rings. The predicted molar refractivity (Wildman–Crippen MR) is 81.9 cm³/mol. The second-order valence-electron chi connectivity index (χ2n) is 5.42. The minimum absolute atomic E-state index is 0.0392. The van der Waals surface area contributed by atoms with Crippen molar-refractivity contribution in [3.8, 4) is 5.75 Å². The van der Waals surface area contributed by atoms with Crippen LogP contribution >= 0.6 is 11.6 Å². The van der Waals surface area contributed by atoms with Crippen molar-refractivity contribution in [3.05, 3.63) is 58.4 Å². The fourth-order valence-electron chi connectivity index (χ4n) is 2.58. The first-order valence-electron chi connectivity index (χ1n) is 7.20. The number of carbonyl (C=O) groups excluding carboxylic acids is 1. The molecule has 2 N–H and O–H groups in total. The van der Waals surface area contributed by atoms with Gasteiger partial charge in [-0.3, -0.25) is 9.78 Å². The first-order valence-corrected chi connectivity index (χ1v) is 7.57. The summed E-state index contributed by atoms with van der Waals surface area (Å²) in [4.78, 5) is 16.0. The summed E-state index contributed by atoms with van der Waals surface area (Å²) in [5, 5.41) is 11.9. The van der Waals surface area contributed by atoms with E-state index in [0.29, 0.717) is 11.3 Å². The first-order chi connectivity index (χ1) is 11.8. The smallest absolute Gasteiger partial charge is 0.417 e. The van der Waals surface area contributed by atoms with Crippen molar-refractivity contribution in [1.82, 2.24) is 10.3 Å². The third kappa shape index (κ3) is 3.54. The quantitative estimate of drug-likeness (QED) is 0.869. The lowest BCUT2D eigenvalue weighted by Crippen LogP contribution is -2.36. The van der Waals surface area contributed by atoms with Crippen molar-refractivity contribution in [3.63, 3.8) is 0 Å². The molecule has 0 fully saturated rings. The van der Waals surface area contributed by atoms with E-state index in [-0.39, 0.29) is 12.0 Å². The van der Waals surface area contributed by atoms with Crippen LogP contribution in [0.3, 0.4) is 0 Å². The van der Waals surface area contributed by atoms with Crippen LogP contribution in [-0.2, 0) is 17.4 Å². The van der Waals surface area contributed by atoms with Gasteiger partial charge in [-0.2, -0.15) is 13.2 Å². The molecule has 0 spiro atoms. The zero-order valence-corrected chi connectivity index (χ0v) is 13.3. The summed E-state index contributed by atoms with van der Waals surface area (Å²) >= 11 is 5.78. The average Bonchev–Trinajstić information content (AvgIpc) is 2.84. The lowest BCUT2D eigenvalue weighted by Gasteiger charge is -2.17. The number of amides is 1. The van der Waals surface area contributed by atoms with Gasteiger partial charge in [0.2, 0.25) is 12.2 Å². The summed E-state index contributed by atoms with van der Waals surface area (Å²) in [7, 11) is 0. The fraction of sp³-hybridized carbons (Fsp3) is 0.250. The van der Waals surface area contributed by atoms with E-state index >= 15 is 0 Å². The fourth-order valence-corrected chi connectivity index (χ4v) is 2.88. The Kier molecular flexibility index (Phi) is 4.57. The number of nitrogens with one attached hydrogen (secondary N) is 1. The van der Waals surface area contributed by atoms with Gasteiger partial charge < -0.3 is 15.2 Å². The summed E-state index contributed by atoms with van der Waals surface area (Å²) in [6.07, 6.45) is -3.41. The number of hydrogen-bond donors (Lipinski definition) is 2. The normalized spacial score (nSPS) is 19.2. The van der Waals surface area contributed by atoms with Crippen molar-refractivity contribution in [2.75, 3.05) is 0 Å². The van der Waals surface area contributed by atoms with E-state index in [0.717, 1.165) is 6.07 Å². The molecule has 1 aromatic carbocycles. The SMILES string of the molecule is O=C(Cc1cccc(C(F)(F)F)c1Cl)NC1c2ccncc2OC1O. The molecule has 1 amide bonds. The van der Waals surface area contributed by atoms with Crippen LogP contribution in [-0.4, -0.2) is 22.3 Å². The van der Waals surface area contributed by atoms with E-state index in [9.17, 15) is 23.1 Å². The third-order valence-electron chi connectivity index (χ3n) is 3.74. The third-order valence-corrected chi connectivity index (χ3v) is 4.18. The number of carbonyl (C=O) groups is 1. The van der Waals surface area contributed by atoms with E-state index in [1.165, 1.54) is 24.5 Å². The number of hydrogen-bond acceptors (Lipinski definition) is 4. The molecule has 2 heterocycles. The molecule has 132 valence electrons. The average molecular weight is 373 g/mol. The summed E-state index contributed by atoms with van der Waals surface area (Å²) in [6.45, 7) is 0. The van der Waals surface area contributed by atoms with Crippen LogP contribution in [0.25, 0.3) is 0 Å². The highest BCUT2D eigenvalue weighted by molar-refractivity contribution is 6.32. The standard InChI is InChI=1S/C16H12ClF3N2O3/c17-13-8(2-1-3-10(13)16(18,19)20)6-12(23)22-14-9-4-5-21-7-11(9)25-15(14)24/h1-5,7,14-15,24H,6H2,(H,22,23). The molecule has 1 aromatic heterocycles. The number of benzene rings is 1. The number of pyridine rings is 1.